The highest BCUT2D eigenvalue weighted by Gasteiger charge is 2.17. The highest BCUT2D eigenvalue weighted by Crippen LogP contribution is 2.28. The minimum absolute atomic E-state index is 0.485. The van der Waals surface area contributed by atoms with E-state index in [-0.39, 0.29) is 0 Å². The lowest BCUT2D eigenvalue weighted by molar-refractivity contribution is -0.109. The molecule has 0 fully saturated rings. The summed E-state index contributed by atoms with van der Waals surface area (Å²) in [5, 5.41) is 11.5. The average Bonchev–Trinajstić information content (AvgIpc) is 2.94. The van der Waals surface area contributed by atoms with Gasteiger partial charge in [0.05, 0.1) is 6.07 Å². The Balaban J connectivity index is 1.78. The summed E-state index contributed by atoms with van der Waals surface area (Å²) in [6.45, 7) is 0. The molecule has 4 nitrogen and oxygen atoms in total. The highest BCUT2D eigenvalue weighted by atomic mass is 32.2. The molecular weight excluding hydrogens is 308 g/mol. The van der Waals surface area contributed by atoms with Crippen molar-refractivity contribution in [2.75, 3.05) is 0 Å². The molecule has 1 aliphatic rings. The number of benzene rings is 2. The van der Waals surface area contributed by atoms with Crippen LogP contribution in [0.4, 0.5) is 0 Å². The van der Waals surface area contributed by atoms with Gasteiger partial charge in [-0.05, 0) is 33.9 Å². The number of carbonyl (C=O) groups is 1. The molecule has 1 unspecified atom stereocenters. The largest absolute Gasteiger partial charge is 0.343 e. The molecule has 1 N–H and O–H groups in total. The van der Waals surface area contributed by atoms with Crippen molar-refractivity contribution in [3.05, 3.63) is 59.2 Å². The van der Waals surface area contributed by atoms with Gasteiger partial charge in [0.1, 0.15) is 6.04 Å². The normalized spacial score (nSPS) is 17.1. The monoisotopic (exact) mass is 324 g/mol. The molecule has 23 heavy (non-hydrogen) atoms. The van der Waals surface area contributed by atoms with Crippen LogP contribution in [0.3, 0.4) is 0 Å². The van der Waals surface area contributed by atoms with E-state index in [1.807, 2.05) is 24.3 Å². The third-order valence-electron chi connectivity index (χ3n) is 3.99. The second-order valence-electron chi connectivity index (χ2n) is 5.58. The summed E-state index contributed by atoms with van der Waals surface area (Å²) in [7, 11) is -0.764. The van der Waals surface area contributed by atoms with Crippen LogP contribution in [0, 0.1) is 11.3 Å². The number of fused-ring (bicyclic) bond motifs is 1. The topological polar surface area (TPSA) is 70.0 Å². The fraction of sp³-hybridized carbons (Fsp3) is 0.222. The second kappa shape index (κ2) is 6.76. The van der Waals surface area contributed by atoms with E-state index in [4.69, 9.17) is 5.26 Å². The molecule has 1 aliphatic heterocycles. The van der Waals surface area contributed by atoms with Crippen molar-refractivity contribution in [3.8, 4) is 17.2 Å². The average molecular weight is 324 g/mol. The van der Waals surface area contributed by atoms with Gasteiger partial charge in [0.25, 0.3) is 0 Å². The van der Waals surface area contributed by atoms with Crippen LogP contribution in [-0.4, -0.2) is 16.7 Å². The Kier molecular flexibility index (Phi) is 4.54. The summed E-state index contributed by atoms with van der Waals surface area (Å²) in [5.74, 6) is 1.30. The molecule has 0 saturated heterocycles. The van der Waals surface area contributed by atoms with Crippen LogP contribution >= 0.6 is 0 Å². The van der Waals surface area contributed by atoms with Crippen LogP contribution in [0.5, 0.6) is 0 Å². The molecule has 2 aromatic carbocycles. The zero-order valence-electron chi connectivity index (χ0n) is 12.5. The number of nitrogens with one attached hydrogen (secondary N) is 1. The van der Waals surface area contributed by atoms with Gasteiger partial charge in [0.2, 0.25) is 6.41 Å². The Morgan fingerprint density at radius 1 is 1.13 bits per heavy atom. The van der Waals surface area contributed by atoms with Crippen molar-refractivity contribution in [3.63, 3.8) is 0 Å². The van der Waals surface area contributed by atoms with E-state index in [1.165, 1.54) is 11.1 Å². The van der Waals surface area contributed by atoms with Crippen LogP contribution in [0.25, 0.3) is 11.1 Å². The quantitative estimate of drug-likeness (QED) is 0.858. The van der Waals surface area contributed by atoms with E-state index in [0.717, 1.165) is 16.7 Å². The molecular formula is C18H16N2O2S. The number of hydrogen-bond donors (Lipinski definition) is 1. The van der Waals surface area contributed by atoms with E-state index in [9.17, 15) is 9.00 Å². The molecule has 2 atom stereocenters. The molecule has 1 amide bonds. The van der Waals surface area contributed by atoms with Crippen LogP contribution in [0.2, 0.25) is 0 Å². The molecule has 0 radical (unpaired) electrons. The molecule has 116 valence electrons. The third-order valence-corrected chi connectivity index (χ3v) is 5.26. The summed E-state index contributed by atoms with van der Waals surface area (Å²) >= 11 is 0. The van der Waals surface area contributed by atoms with Crippen molar-refractivity contribution in [2.45, 2.75) is 24.0 Å². The van der Waals surface area contributed by atoms with Crippen molar-refractivity contribution in [1.82, 2.24) is 5.32 Å². The first-order chi connectivity index (χ1) is 11.2. The van der Waals surface area contributed by atoms with E-state index < -0.39 is 16.8 Å². The number of amides is 1. The van der Waals surface area contributed by atoms with Crippen LogP contribution in [0.1, 0.15) is 16.7 Å². The van der Waals surface area contributed by atoms with Gasteiger partial charge >= 0.3 is 0 Å². The van der Waals surface area contributed by atoms with Crippen molar-refractivity contribution in [2.24, 2.45) is 0 Å². The van der Waals surface area contributed by atoms with Gasteiger partial charge in [-0.25, -0.2) is 0 Å². The number of hydrogen-bond acceptors (Lipinski definition) is 3. The molecule has 0 bridgehead atoms. The molecule has 3 rings (SSSR count). The summed E-state index contributed by atoms with van der Waals surface area (Å²) in [6, 6.07) is 15.7. The summed E-state index contributed by atoms with van der Waals surface area (Å²) in [5.41, 5.74) is 5.55. The maximum atomic E-state index is 11.6. The van der Waals surface area contributed by atoms with Gasteiger partial charge in [-0.3, -0.25) is 9.00 Å². The molecule has 0 aliphatic carbocycles. The molecule has 0 spiro atoms. The smallest absolute Gasteiger partial charge is 0.208 e. The Labute approximate surface area is 137 Å². The van der Waals surface area contributed by atoms with E-state index in [2.05, 4.69) is 29.6 Å². The lowest BCUT2D eigenvalue weighted by Gasteiger charge is -2.09. The second-order valence-corrected chi connectivity index (χ2v) is 7.04. The Morgan fingerprint density at radius 3 is 2.52 bits per heavy atom. The predicted octanol–water partition coefficient (Wildman–Crippen LogP) is 2.30. The third kappa shape index (κ3) is 3.49. The fourth-order valence-electron chi connectivity index (χ4n) is 2.77. The van der Waals surface area contributed by atoms with Crippen LogP contribution in [-0.2, 0) is 33.5 Å². The summed E-state index contributed by atoms with van der Waals surface area (Å²) < 4.78 is 11.6. The molecule has 0 saturated carbocycles. The van der Waals surface area contributed by atoms with Crippen molar-refractivity contribution >= 4 is 17.2 Å². The molecule has 0 aromatic heterocycles. The minimum Gasteiger partial charge on any atom is -0.343 e. The predicted molar refractivity (Wildman–Crippen MR) is 89.7 cm³/mol. The first kappa shape index (κ1) is 15.4. The number of nitrogens with zero attached hydrogens (tertiary/aromatic N) is 1. The fourth-order valence-corrected chi connectivity index (χ4v) is 4.12. The van der Waals surface area contributed by atoms with E-state index in [1.54, 1.807) is 0 Å². The van der Waals surface area contributed by atoms with Crippen LogP contribution in [0.15, 0.2) is 42.5 Å². The minimum atomic E-state index is -0.764. The molecule has 1 heterocycles. The Bertz CT molecular complexity index is 794. The van der Waals surface area contributed by atoms with Crippen molar-refractivity contribution < 1.29 is 9.00 Å². The van der Waals surface area contributed by atoms with Gasteiger partial charge in [-0.15, -0.1) is 0 Å². The molecule has 2 aromatic rings. The van der Waals surface area contributed by atoms with E-state index in [0.29, 0.717) is 24.3 Å². The zero-order chi connectivity index (χ0) is 16.2. The Hall–Kier alpha value is -2.45. The summed E-state index contributed by atoms with van der Waals surface area (Å²) in [4.78, 5) is 10.4. The number of carbonyl (C=O) groups excluding carboxylic acids is 1. The number of nitriles is 1. The highest BCUT2D eigenvalue weighted by molar-refractivity contribution is 7.83. The van der Waals surface area contributed by atoms with Gasteiger partial charge < -0.3 is 5.32 Å². The van der Waals surface area contributed by atoms with Gasteiger partial charge in [0.15, 0.2) is 0 Å². The Morgan fingerprint density at radius 2 is 1.83 bits per heavy atom. The lowest BCUT2D eigenvalue weighted by atomic mass is 9.98. The van der Waals surface area contributed by atoms with Gasteiger partial charge in [-0.2, -0.15) is 5.26 Å². The first-order valence-corrected chi connectivity index (χ1v) is 8.84. The van der Waals surface area contributed by atoms with Gasteiger partial charge in [-0.1, -0.05) is 36.4 Å². The first-order valence-electron chi connectivity index (χ1n) is 7.35. The lowest BCUT2D eigenvalue weighted by Crippen LogP contribution is -2.28. The van der Waals surface area contributed by atoms with Gasteiger partial charge in [0, 0.05) is 28.7 Å². The van der Waals surface area contributed by atoms with Crippen LogP contribution < -0.4 is 5.32 Å². The summed E-state index contributed by atoms with van der Waals surface area (Å²) in [6.07, 6.45) is 1.04. The molecule has 5 heteroatoms. The van der Waals surface area contributed by atoms with Crippen molar-refractivity contribution in [1.29, 1.82) is 5.26 Å². The van der Waals surface area contributed by atoms with E-state index >= 15 is 0 Å². The standard InChI is InChI=1S/C18H16N2O2S/c19-9-18(20-12-21)7-13-1-3-14(4-2-13)15-5-6-16-10-23(22)11-17(16)8-15/h1-6,8,12,18H,7,10-11H2,(H,20,21)/t18-,23?/m0/s1. The maximum absolute atomic E-state index is 11.6. The zero-order valence-corrected chi connectivity index (χ0v) is 13.3. The maximum Gasteiger partial charge on any atom is 0.208 e. The SMILES string of the molecule is N#C[C@H](Cc1ccc(-c2ccc3c(c2)CS(=O)C3)cc1)NC=O. The number of rotatable bonds is 5.